The molecular formula is C8H16N6O2S. The average molecular weight is 260 g/mol. The summed E-state index contributed by atoms with van der Waals surface area (Å²) in [6, 6.07) is 0. The molecule has 0 fully saturated rings. The molecule has 96 valence electrons. The van der Waals surface area contributed by atoms with Crippen LogP contribution in [0.4, 0.5) is 5.95 Å². The third-order valence-electron chi connectivity index (χ3n) is 2.01. The SMILES string of the molecule is CNCCCN(C)S(=O)(=O)Nc1nccnn1. The van der Waals surface area contributed by atoms with Crippen molar-refractivity contribution in [2.24, 2.45) is 0 Å². The van der Waals surface area contributed by atoms with E-state index in [9.17, 15) is 8.42 Å². The average Bonchev–Trinajstić information content (AvgIpc) is 2.30. The molecule has 1 heterocycles. The molecule has 0 aliphatic heterocycles. The Hall–Kier alpha value is -1.32. The van der Waals surface area contributed by atoms with Gasteiger partial charge in [-0.2, -0.15) is 17.8 Å². The predicted octanol–water partition coefficient (Wildman–Crippen LogP) is -0.930. The van der Waals surface area contributed by atoms with Crippen molar-refractivity contribution in [1.82, 2.24) is 24.8 Å². The van der Waals surface area contributed by atoms with Crippen molar-refractivity contribution in [3.05, 3.63) is 12.4 Å². The third kappa shape index (κ3) is 4.59. The van der Waals surface area contributed by atoms with Crippen LogP contribution < -0.4 is 10.0 Å². The lowest BCUT2D eigenvalue weighted by atomic mass is 10.4. The van der Waals surface area contributed by atoms with Gasteiger partial charge in [0.25, 0.3) is 5.95 Å². The summed E-state index contributed by atoms with van der Waals surface area (Å²) >= 11 is 0. The number of rotatable bonds is 7. The van der Waals surface area contributed by atoms with Crippen molar-refractivity contribution in [2.45, 2.75) is 6.42 Å². The van der Waals surface area contributed by atoms with Gasteiger partial charge >= 0.3 is 10.2 Å². The highest BCUT2D eigenvalue weighted by Gasteiger charge is 2.18. The lowest BCUT2D eigenvalue weighted by Crippen LogP contribution is -2.34. The molecule has 0 aliphatic carbocycles. The van der Waals surface area contributed by atoms with Gasteiger partial charge in [-0.1, -0.05) is 0 Å². The molecule has 1 rings (SSSR count). The van der Waals surface area contributed by atoms with Gasteiger partial charge in [-0.15, -0.1) is 5.10 Å². The van der Waals surface area contributed by atoms with Gasteiger partial charge in [0.1, 0.15) is 0 Å². The molecular weight excluding hydrogens is 244 g/mol. The molecule has 0 saturated carbocycles. The Labute approximate surface area is 101 Å². The fourth-order valence-electron chi connectivity index (χ4n) is 1.09. The minimum absolute atomic E-state index is 0.0343. The zero-order chi connectivity index (χ0) is 12.7. The van der Waals surface area contributed by atoms with E-state index in [2.05, 4.69) is 25.2 Å². The second-order valence-corrected chi connectivity index (χ2v) is 5.13. The van der Waals surface area contributed by atoms with Gasteiger partial charge < -0.3 is 5.32 Å². The van der Waals surface area contributed by atoms with Crippen molar-refractivity contribution in [2.75, 3.05) is 31.9 Å². The van der Waals surface area contributed by atoms with Gasteiger partial charge in [0, 0.05) is 13.6 Å². The molecule has 0 radical (unpaired) electrons. The molecule has 17 heavy (non-hydrogen) atoms. The van der Waals surface area contributed by atoms with Crippen LogP contribution in [0, 0.1) is 0 Å². The molecule has 0 unspecified atom stereocenters. The minimum atomic E-state index is -3.60. The monoisotopic (exact) mass is 260 g/mol. The summed E-state index contributed by atoms with van der Waals surface area (Å²) in [6.07, 6.45) is 3.46. The zero-order valence-electron chi connectivity index (χ0n) is 9.79. The minimum Gasteiger partial charge on any atom is -0.320 e. The number of hydrogen-bond acceptors (Lipinski definition) is 6. The Morgan fingerprint density at radius 2 is 2.18 bits per heavy atom. The van der Waals surface area contributed by atoms with Crippen LogP contribution in [0.5, 0.6) is 0 Å². The first-order valence-corrected chi connectivity index (χ1v) is 6.52. The molecule has 0 atom stereocenters. The summed E-state index contributed by atoms with van der Waals surface area (Å²) in [5.74, 6) is -0.0343. The van der Waals surface area contributed by atoms with Crippen LogP contribution in [0.3, 0.4) is 0 Å². The summed E-state index contributed by atoms with van der Waals surface area (Å²) in [6.45, 7) is 1.17. The summed E-state index contributed by atoms with van der Waals surface area (Å²) < 4.78 is 27.0. The highest BCUT2D eigenvalue weighted by atomic mass is 32.2. The van der Waals surface area contributed by atoms with E-state index in [1.54, 1.807) is 0 Å². The molecule has 0 bridgehead atoms. The smallest absolute Gasteiger partial charge is 0.303 e. The van der Waals surface area contributed by atoms with Gasteiger partial charge in [0.05, 0.1) is 12.4 Å². The van der Waals surface area contributed by atoms with Gasteiger partial charge in [-0.3, -0.25) is 0 Å². The predicted molar refractivity (Wildman–Crippen MR) is 63.5 cm³/mol. The van der Waals surface area contributed by atoms with Crippen LogP contribution in [0.25, 0.3) is 0 Å². The molecule has 0 spiro atoms. The Morgan fingerprint density at radius 3 is 2.76 bits per heavy atom. The molecule has 0 aliphatic rings. The van der Waals surface area contributed by atoms with Crippen LogP contribution in [0.1, 0.15) is 6.42 Å². The number of anilines is 1. The molecule has 0 saturated heterocycles. The van der Waals surface area contributed by atoms with Crippen molar-refractivity contribution < 1.29 is 8.42 Å². The lowest BCUT2D eigenvalue weighted by molar-refractivity contribution is 0.462. The second-order valence-electron chi connectivity index (χ2n) is 3.35. The third-order valence-corrected chi connectivity index (χ3v) is 3.46. The highest BCUT2D eigenvalue weighted by Crippen LogP contribution is 2.02. The van der Waals surface area contributed by atoms with Crippen molar-refractivity contribution >= 4 is 16.2 Å². The Balaban J connectivity index is 2.56. The van der Waals surface area contributed by atoms with E-state index < -0.39 is 10.2 Å². The van der Waals surface area contributed by atoms with E-state index in [1.807, 2.05) is 7.05 Å². The normalized spacial score (nSPS) is 11.7. The molecule has 2 N–H and O–H groups in total. The summed E-state index contributed by atoms with van der Waals surface area (Å²) in [5.41, 5.74) is 0. The van der Waals surface area contributed by atoms with Gasteiger partial charge in [0.15, 0.2) is 0 Å². The summed E-state index contributed by atoms with van der Waals surface area (Å²) in [7, 11) is -0.293. The maximum atomic E-state index is 11.8. The van der Waals surface area contributed by atoms with Crippen molar-refractivity contribution in [3.63, 3.8) is 0 Å². The van der Waals surface area contributed by atoms with Crippen LogP contribution in [-0.4, -0.2) is 55.1 Å². The van der Waals surface area contributed by atoms with E-state index in [0.29, 0.717) is 6.54 Å². The number of hydrogen-bond donors (Lipinski definition) is 2. The zero-order valence-corrected chi connectivity index (χ0v) is 10.6. The van der Waals surface area contributed by atoms with E-state index in [4.69, 9.17) is 0 Å². The molecule has 1 aromatic heterocycles. The van der Waals surface area contributed by atoms with E-state index in [0.717, 1.165) is 13.0 Å². The summed E-state index contributed by atoms with van der Waals surface area (Å²) in [4.78, 5) is 3.74. The van der Waals surface area contributed by atoms with Crippen LogP contribution in [-0.2, 0) is 10.2 Å². The second kappa shape index (κ2) is 6.42. The Morgan fingerprint density at radius 1 is 1.41 bits per heavy atom. The fraction of sp³-hybridized carbons (Fsp3) is 0.625. The number of nitrogens with one attached hydrogen (secondary N) is 2. The van der Waals surface area contributed by atoms with Gasteiger partial charge in [-0.25, -0.2) is 9.71 Å². The Kier molecular flexibility index (Phi) is 5.19. The first-order valence-electron chi connectivity index (χ1n) is 5.08. The van der Waals surface area contributed by atoms with E-state index in [1.165, 1.54) is 23.7 Å². The first kappa shape index (κ1) is 13.7. The maximum absolute atomic E-state index is 11.8. The highest BCUT2D eigenvalue weighted by molar-refractivity contribution is 7.90. The van der Waals surface area contributed by atoms with E-state index >= 15 is 0 Å². The fourth-order valence-corrected chi connectivity index (χ4v) is 1.94. The number of nitrogens with zero attached hydrogens (tertiary/aromatic N) is 4. The molecule has 8 nitrogen and oxygen atoms in total. The van der Waals surface area contributed by atoms with Crippen molar-refractivity contribution in [1.29, 1.82) is 0 Å². The topological polar surface area (TPSA) is 100 Å². The van der Waals surface area contributed by atoms with Crippen LogP contribution >= 0.6 is 0 Å². The molecule has 1 aromatic rings. The van der Waals surface area contributed by atoms with Crippen LogP contribution in [0.15, 0.2) is 12.4 Å². The van der Waals surface area contributed by atoms with Gasteiger partial charge in [0.2, 0.25) is 0 Å². The summed E-state index contributed by atoms with van der Waals surface area (Å²) in [5, 5.41) is 10.0. The number of aromatic nitrogens is 3. The maximum Gasteiger partial charge on any atom is 0.303 e. The standard InChI is InChI=1S/C8H16N6O2S/c1-9-4-3-7-14(2)17(15,16)13-8-10-5-6-11-12-8/h5-6,9H,3-4,7H2,1-2H3,(H,10,12,13). The quantitative estimate of drug-likeness (QED) is 0.614. The molecule has 9 heteroatoms. The van der Waals surface area contributed by atoms with E-state index in [-0.39, 0.29) is 5.95 Å². The largest absolute Gasteiger partial charge is 0.320 e. The molecule has 0 aromatic carbocycles. The van der Waals surface area contributed by atoms with Crippen molar-refractivity contribution in [3.8, 4) is 0 Å². The first-order chi connectivity index (χ1) is 8.06. The Bertz CT molecular complexity index is 423. The lowest BCUT2D eigenvalue weighted by Gasteiger charge is -2.16. The van der Waals surface area contributed by atoms with Gasteiger partial charge in [-0.05, 0) is 20.0 Å². The molecule has 0 amide bonds. The van der Waals surface area contributed by atoms with Crippen LogP contribution in [0.2, 0.25) is 0 Å².